The van der Waals surface area contributed by atoms with Gasteiger partial charge < -0.3 is 14.9 Å². The van der Waals surface area contributed by atoms with Crippen LogP contribution >= 0.6 is 0 Å². The Morgan fingerprint density at radius 2 is 1.92 bits per heavy atom. The van der Waals surface area contributed by atoms with E-state index in [0.29, 0.717) is 12.8 Å². The van der Waals surface area contributed by atoms with Crippen LogP contribution in [0, 0.1) is 28.1 Å². The second kappa shape index (κ2) is 8.85. The van der Waals surface area contributed by atoms with Gasteiger partial charge in [-0.1, -0.05) is 13.0 Å². The molecule has 0 unspecified atom stereocenters. The van der Waals surface area contributed by atoms with E-state index in [1.54, 1.807) is 6.92 Å². The Morgan fingerprint density at radius 3 is 2.56 bits per heavy atom. The number of ketones is 2. The maximum Gasteiger partial charge on any atom is 0.303 e. The van der Waals surface area contributed by atoms with Crippen LogP contribution in [0.5, 0.6) is 0 Å². The topological polar surface area (TPSA) is 118 Å². The van der Waals surface area contributed by atoms with Crippen molar-refractivity contribution in [2.45, 2.75) is 83.7 Å². The molecule has 8 atom stereocenters. The summed E-state index contributed by atoms with van der Waals surface area (Å²) in [7, 11) is 0. The van der Waals surface area contributed by atoms with Gasteiger partial charge in [-0.3, -0.25) is 19.2 Å². The molecular formula is C27H34F2O7. The third-order valence-corrected chi connectivity index (χ3v) is 9.93. The molecule has 3 saturated carbocycles. The highest BCUT2D eigenvalue weighted by molar-refractivity contribution is 6.01. The number of hydrogen-bond donors (Lipinski definition) is 2. The van der Waals surface area contributed by atoms with Crippen molar-refractivity contribution >= 4 is 23.5 Å². The minimum Gasteiger partial charge on any atom is -0.481 e. The zero-order chi connectivity index (χ0) is 26.7. The van der Waals surface area contributed by atoms with Crippen molar-refractivity contribution in [3.8, 4) is 0 Å². The molecule has 0 aliphatic heterocycles. The van der Waals surface area contributed by atoms with E-state index in [-0.39, 0.29) is 43.5 Å². The molecule has 0 radical (unpaired) electrons. The van der Waals surface area contributed by atoms with Gasteiger partial charge in [-0.15, -0.1) is 0 Å². The molecule has 4 rings (SSSR count). The lowest BCUT2D eigenvalue weighted by atomic mass is 9.42. The molecular weight excluding hydrogens is 474 g/mol. The number of halogens is 2. The number of hydrogen-bond acceptors (Lipinski definition) is 6. The summed E-state index contributed by atoms with van der Waals surface area (Å²) >= 11 is 0. The molecule has 0 aromatic rings. The second-order valence-electron chi connectivity index (χ2n) is 11.4. The van der Waals surface area contributed by atoms with E-state index in [1.165, 1.54) is 26.0 Å². The molecule has 0 saturated heterocycles. The van der Waals surface area contributed by atoms with Crippen molar-refractivity contribution in [3.63, 3.8) is 0 Å². The highest BCUT2D eigenvalue weighted by Crippen LogP contribution is 2.72. The van der Waals surface area contributed by atoms with Gasteiger partial charge in [0.25, 0.3) is 0 Å². The molecule has 0 heterocycles. The van der Waals surface area contributed by atoms with Crippen LogP contribution in [0.15, 0.2) is 23.8 Å². The first-order valence-electron chi connectivity index (χ1n) is 12.6. The molecule has 36 heavy (non-hydrogen) atoms. The average molecular weight is 509 g/mol. The Balaban J connectivity index is 1.77. The Morgan fingerprint density at radius 1 is 1.22 bits per heavy atom. The van der Waals surface area contributed by atoms with Crippen molar-refractivity contribution in [2.75, 3.05) is 6.61 Å². The molecule has 0 aromatic heterocycles. The first-order valence-corrected chi connectivity index (χ1v) is 12.6. The quantitative estimate of drug-likeness (QED) is 0.504. The summed E-state index contributed by atoms with van der Waals surface area (Å²) in [5.41, 5.74) is -5.84. The SMILES string of the molecule is CC(=O)OCC(=O)[C@]1(CCCC(=O)O)CC[C@H]2[C@@H]3C[C@H](F)C4=CC(=O)C=C[C@]4(C)[C@@]3(F)[C@@H](O)C[C@@]21C. The van der Waals surface area contributed by atoms with Gasteiger partial charge in [0.2, 0.25) is 0 Å². The number of alkyl halides is 2. The monoisotopic (exact) mass is 508 g/mol. The third kappa shape index (κ3) is 3.60. The summed E-state index contributed by atoms with van der Waals surface area (Å²) in [4.78, 5) is 48.2. The zero-order valence-corrected chi connectivity index (χ0v) is 20.9. The maximum atomic E-state index is 17.3. The molecule has 0 spiro atoms. The average Bonchev–Trinajstić information content (AvgIpc) is 3.08. The lowest BCUT2D eigenvalue weighted by molar-refractivity contribution is -0.212. The number of ether oxygens (including phenoxy) is 1. The van der Waals surface area contributed by atoms with Crippen LogP contribution in [0.4, 0.5) is 8.78 Å². The highest BCUT2D eigenvalue weighted by Gasteiger charge is 2.75. The van der Waals surface area contributed by atoms with Gasteiger partial charge in [-0.05, 0) is 74.5 Å². The Labute approximate surface area is 209 Å². The fourth-order valence-electron chi connectivity index (χ4n) is 8.18. The zero-order valence-electron chi connectivity index (χ0n) is 20.9. The smallest absolute Gasteiger partial charge is 0.303 e. The number of fused-ring (bicyclic) bond motifs is 5. The summed E-state index contributed by atoms with van der Waals surface area (Å²) in [6, 6.07) is 0. The van der Waals surface area contributed by atoms with Crippen molar-refractivity contribution < 1.29 is 42.9 Å². The number of aliphatic carboxylic acids is 1. The van der Waals surface area contributed by atoms with Gasteiger partial charge in [0.05, 0.1) is 6.10 Å². The predicted octanol–water partition coefficient (Wildman–Crippen LogP) is 3.68. The number of rotatable bonds is 7. The van der Waals surface area contributed by atoms with E-state index < -0.39 is 70.4 Å². The van der Waals surface area contributed by atoms with Crippen molar-refractivity contribution in [1.82, 2.24) is 0 Å². The Kier molecular flexibility index (Phi) is 6.55. The van der Waals surface area contributed by atoms with Crippen LogP contribution in [0.2, 0.25) is 0 Å². The van der Waals surface area contributed by atoms with Gasteiger partial charge in [-0.2, -0.15) is 0 Å². The molecule has 4 aliphatic carbocycles. The van der Waals surface area contributed by atoms with Gasteiger partial charge in [0, 0.05) is 30.1 Å². The van der Waals surface area contributed by atoms with E-state index in [9.17, 15) is 29.4 Å². The van der Waals surface area contributed by atoms with Crippen LogP contribution in [0.3, 0.4) is 0 Å². The lowest BCUT2D eigenvalue weighted by Gasteiger charge is -2.63. The number of carboxylic acids is 1. The number of Topliss-reactive ketones (excluding diaryl/α,β-unsaturated/α-hetero) is 1. The van der Waals surface area contributed by atoms with E-state index in [2.05, 4.69) is 0 Å². The number of allylic oxidation sites excluding steroid dienone is 4. The van der Waals surface area contributed by atoms with E-state index in [4.69, 9.17) is 4.74 Å². The minimum atomic E-state index is -2.25. The maximum absolute atomic E-state index is 17.3. The van der Waals surface area contributed by atoms with E-state index >= 15 is 8.78 Å². The van der Waals surface area contributed by atoms with Crippen LogP contribution in [-0.4, -0.2) is 58.3 Å². The summed E-state index contributed by atoms with van der Waals surface area (Å²) in [6.45, 7) is 4.02. The fraction of sp³-hybridized carbons (Fsp3) is 0.704. The number of esters is 1. The van der Waals surface area contributed by atoms with Gasteiger partial charge >= 0.3 is 11.9 Å². The normalized spacial score (nSPS) is 43.2. The molecule has 0 aromatic carbocycles. The molecule has 0 amide bonds. The standard InChI is InChI=1S/C27H34F2O7/c1-15(30)36-14-22(33)26(8-4-5-23(34)35)10-7-17-18-12-20(28)19-11-16(31)6-9-24(19,2)27(18,29)21(32)13-25(17,26)3/h6,9,11,17-18,20-21,32H,4-5,7-8,10,12-14H2,1-3H3,(H,34,35)/t17-,18-,20-,21-,24-,25-,26-,27-/m0/s1. The number of carbonyl (C=O) groups excluding carboxylic acids is 3. The first kappa shape index (κ1) is 26.6. The van der Waals surface area contributed by atoms with Gasteiger partial charge in [0.1, 0.15) is 6.17 Å². The minimum absolute atomic E-state index is 0.0352. The van der Waals surface area contributed by atoms with E-state index in [0.717, 1.165) is 6.08 Å². The number of carbonyl (C=O) groups is 4. The fourth-order valence-corrected chi connectivity index (χ4v) is 8.18. The molecule has 9 heteroatoms. The lowest BCUT2D eigenvalue weighted by Crippen LogP contribution is -2.69. The predicted molar refractivity (Wildman–Crippen MR) is 124 cm³/mol. The first-order chi connectivity index (χ1) is 16.7. The van der Waals surface area contributed by atoms with Crippen molar-refractivity contribution in [2.24, 2.45) is 28.1 Å². The number of carboxylic acid groups (broad SMARTS) is 1. The molecule has 0 bridgehead atoms. The number of aliphatic hydroxyl groups excluding tert-OH is 1. The summed E-state index contributed by atoms with van der Waals surface area (Å²) in [5.74, 6) is -3.84. The molecule has 198 valence electrons. The molecule has 3 fully saturated rings. The molecule has 4 aliphatic rings. The van der Waals surface area contributed by atoms with E-state index in [1.807, 2.05) is 0 Å². The van der Waals surface area contributed by atoms with Gasteiger partial charge in [-0.25, -0.2) is 8.78 Å². The third-order valence-electron chi connectivity index (χ3n) is 9.93. The van der Waals surface area contributed by atoms with Crippen LogP contribution in [-0.2, 0) is 23.9 Å². The van der Waals surface area contributed by atoms with Crippen LogP contribution < -0.4 is 0 Å². The molecule has 7 nitrogen and oxygen atoms in total. The van der Waals surface area contributed by atoms with Crippen LogP contribution in [0.1, 0.15) is 65.7 Å². The summed E-state index contributed by atoms with van der Waals surface area (Å²) in [5, 5.41) is 20.6. The number of aliphatic hydroxyl groups is 1. The van der Waals surface area contributed by atoms with Crippen molar-refractivity contribution in [1.29, 1.82) is 0 Å². The Hall–Kier alpha value is -2.42. The van der Waals surface area contributed by atoms with Gasteiger partial charge in [0.15, 0.2) is 23.8 Å². The largest absolute Gasteiger partial charge is 0.481 e. The summed E-state index contributed by atoms with van der Waals surface area (Å²) < 4.78 is 37.8. The Bertz CT molecular complexity index is 1050. The molecule has 2 N–H and O–H groups in total. The highest BCUT2D eigenvalue weighted by atomic mass is 19.1. The van der Waals surface area contributed by atoms with Crippen LogP contribution in [0.25, 0.3) is 0 Å². The van der Waals surface area contributed by atoms with Crippen molar-refractivity contribution in [3.05, 3.63) is 23.8 Å². The second-order valence-corrected chi connectivity index (χ2v) is 11.4. The summed E-state index contributed by atoms with van der Waals surface area (Å²) in [6.07, 6.45) is 1.17.